The maximum absolute atomic E-state index is 2.38. The molecule has 24 heavy (non-hydrogen) atoms. The predicted molar refractivity (Wildman–Crippen MR) is 117 cm³/mol. The zero-order valence-electron chi connectivity index (χ0n) is 16.5. The van der Waals surface area contributed by atoms with Crippen molar-refractivity contribution in [2.24, 2.45) is 0 Å². The summed E-state index contributed by atoms with van der Waals surface area (Å²) in [6, 6.07) is 0. The van der Waals surface area contributed by atoms with Gasteiger partial charge in [-0.1, -0.05) is 115 Å². The Morgan fingerprint density at radius 1 is 0.458 bits per heavy atom. The second kappa shape index (κ2) is 23.3. The summed E-state index contributed by atoms with van der Waals surface area (Å²) in [6.45, 7) is 4.57. The summed E-state index contributed by atoms with van der Waals surface area (Å²) >= 11 is 0. The van der Waals surface area contributed by atoms with Crippen molar-refractivity contribution in [1.29, 1.82) is 0 Å². The zero-order valence-corrected chi connectivity index (χ0v) is 18.3. The highest BCUT2D eigenvalue weighted by atomic mass is 32.0. The second-order valence-corrected chi connectivity index (χ2v) is 9.26. The normalized spacial score (nSPS) is 12.9. The first-order valence-electron chi connectivity index (χ1n) is 10.6. The Balaban J connectivity index is 3.14. The molecule has 140 valence electrons. The van der Waals surface area contributed by atoms with E-state index in [1.165, 1.54) is 119 Å². The number of hydrogen-bond donors (Lipinski definition) is 0. The third-order valence-electron chi connectivity index (χ3n) is 4.36. The Hall–Kier alpha value is 0.340. The number of rotatable bonds is 19. The molecule has 0 spiro atoms. The molecule has 0 aliphatic heterocycles. The molecule has 0 saturated heterocycles. The van der Waals surface area contributed by atoms with Gasteiger partial charge in [0.15, 0.2) is 0 Å². The molecule has 0 nitrogen and oxygen atoms in total. The maximum Gasteiger partial charge on any atom is -0.0146 e. The van der Waals surface area contributed by atoms with Gasteiger partial charge in [0.05, 0.1) is 0 Å². The van der Waals surface area contributed by atoms with Crippen molar-refractivity contribution in [2.45, 2.75) is 117 Å². The molecule has 2 heteroatoms. The maximum atomic E-state index is 2.38. The molecule has 0 N–H and O–H groups in total. The molecule has 0 rings (SSSR count). The third kappa shape index (κ3) is 22.3. The van der Waals surface area contributed by atoms with Crippen molar-refractivity contribution in [3.8, 4) is 0 Å². The van der Waals surface area contributed by atoms with Gasteiger partial charge in [0, 0.05) is 0 Å². The lowest BCUT2D eigenvalue weighted by Gasteiger charge is -1.99. The van der Waals surface area contributed by atoms with Crippen LogP contribution in [-0.4, -0.2) is 0 Å². The highest BCUT2D eigenvalue weighted by molar-refractivity contribution is 8.14. The average Bonchev–Trinajstić information content (AvgIpc) is 2.60. The van der Waals surface area contributed by atoms with Crippen molar-refractivity contribution in [3.05, 3.63) is 23.8 Å². The molecular weight excluding hydrogens is 326 g/mol. The van der Waals surface area contributed by atoms with Gasteiger partial charge in [0.1, 0.15) is 0 Å². The lowest BCUT2D eigenvalue weighted by Crippen LogP contribution is -1.78. The van der Waals surface area contributed by atoms with Crippen LogP contribution in [0.3, 0.4) is 0 Å². The summed E-state index contributed by atoms with van der Waals surface area (Å²) < 4.78 is 0. The Kier molecular flexibility index (Phi) is 23.7. The topological polar surface area (TPSA) is 0 Å². The molecule has 2 radical (unpaired) electrons. The first-order valence-corrected chi connectivity index (χ1v) is 13.2. The molecule has 0 aliphatic rings. The molecule has 0 atom stereocenters. The minimum absolute atomic E-state index is 1.28. The van der Waals surface area contributed by atoms with E-state index < -0.39 is 0 Å². The fourth-order valence-corrected chi connectivity index (χ4v) is 4.43. The third-order valence-corrected chi connectivity index (χ3v) is 6.38. The smallest absolute Gasteiger partial charge is 0.0146 e. The molecule has 0 aromatic rings. The Bertz CT molecular complexity index is 243. The molecule has 0 bridgehead atoms. The molecule has 0 aromatic carbocycles. The van der Waals surface area contributed by atoms with E-state index in [1.807, 2.05) is 0 Å². The van der Waals surface area contributed by atoms with Crippen LogP contribution in [0.4, 0.5) is 0 Å². The van der Waals surface area contributed by atoms with E-state index in [4.69, 9.17) is 0 Å². The van der Waals surface area contributed by atoms with Gasteiger partial charge in [0.2, 0.25) is 0 Å². The van der Waals surface area contributed by atoms with E-state index in [0.717, 1.165) is 0 Å². The van der Waals surface area contributed by atoms with Crippen LogP contribution in [0.2, 0.25) is 0 Å². The lowest BCUT2D eigenvalue weighted by atomic mass is 10.1. The number of unbranched alkanes of at least 4 members (excludes halogenated alkanes) is 14. The monoisotopic (exact) mass is 368 g/mol. The van der Waals surface area contributed by atoms with E-state index in [-0.39, 0.29) is 0 Å². The van der Waals surface area contributed by atoms with Gasteiger partial charge >= 0.3 is 0 Å². The first-order chi connectivity index (χ1) is 11.9. The van der Waals surface area contributed by atoms with Crippen LogP contribution in [-0.2, 0) is 0 Å². The zero-order chi connectivity index (χ0) is 17.6. The summed E-state index contributed by atoms with van der Waals surface area (Å²) in [4.78, 5) is 0. The van der Waals surface area contributed by atoms with Crippen LogP contribution in [0.1, 0.15) is 117 Å². The van der Waals surface area contributed by atoms with Crippen molar-refractivity contribution in [1.82, 2.24) is 0 Å². The van der Waals surface area contributed by atoms with Gasteiger partial charge in [-0.2, -0.15) is 0 Å². The van der Waals surface area contributed by atoms with Gasteiger partial charge in [0.25, 0.3) is 0 Å². The molecule has 0 heterocycles. The Morgan fingerprint density at radius 3 is 1.17 bits per heavy atom. The minimum atomic E-state index is 1.28. The van der Waals surface area contributed by atoms with Gasteiger partial charge in [-0.3, -0.25) is 0 Å². The summed E-state index contributed by atoms with van der Waals surface area (Å²) in [5.74, 6) is 4.69. The van der Waals surface area contributed by atoms with Gasteiger partial charge in [-0.25, -0.2) is 0 Å². The molecule has 0 unspecified atom stereocenters. The van der Waals surface area contributed by atoms with Crippen LogP contribution >= 0.6 is 16.5 Å². The molecule has 0 aromatic heterocycles. The van der Waals surface area contributed by atoms with Crippen LogP contribution < -0.4 is 0 Å². The van der Waals surface area contributed by atoms with Crippen molar-refractivity contribution < 1.29 is 0 Å². The summed E-state index contributed by atoms with van der Waals surface area (Å²) in [5.41, 5.74) is 0. The fourth-order valence-electron chi connectivity index (χ4n) is 2.76. The van der Waals surface area contributed by atoms with Crippen LogP contribution in [0.15, 0.2) is 23.8 Å². The van der Waals surface area contributed by atoms with Crippen molar-refractivity contribution in [2.75, 3.05) is 0 Å². The van der Waals surface area contributed by atoms with E-state index in [2.05, 4.69) is 37.6 Å². The van der Waals surface area contributed by atoms with E-state index >= 15 is 0 Å². The quantitative estimate of drug-likeness (QED) is 0.157. The molecule has 0 saturated carbocycles. The van der Waals surface area contributed by atoms with E-state index in [1.54, 1.807) is 0 Å². The van der Waals surface area contributed by atoms with Crippen LogP contribution in [0, 0.1) is 0 Å². The fraction of sp³-hybridized carbons (Fsp3) is 0.818. The highest BCUT2D eigenvalue weighted by Crippen LogP contribution is 2.39. The van der Waals surface area contributed by atoms with Crippen molar-refractivity contribution in [3.63, 3.8) is 0 Å². The van der Waals surface area contributed by atoms with Gasteiger partial charge in [-0.05, 0) is 42.2 Å². The van der Waals surface area contributed by atoms with Crippen LogP contribution in [0.25, 0.3) is 0 Å². The first kappa shape index (κ1) is 24.3. The predicted octanol–water partition coefficient (Wildman–Crippen LogP) is 10.1. The Labute approximate surface area is 157 Å². The molecule has 0 aliphatic carbocycles. The average molecular weight is 369 g/mol. The highest BCUT2D eigenvalue weighted by Gasteiger charge is 1.90. The number of allylic oxidation sites excluding steroid dienone is 2. The van der Waals surface area contributed by atoms with Crippen molar-refractivity contribution >= 4 is 16.5 Å². The lowest BCUT2D eigenvalue weighted by molar-refractivity contribution is 0.592. The SMILES string of the molecule is CCCCCCCCCC=C[P][P]C=CCCCCCCCCC. The second-order valence-electron chi connectivity index (χ2n) is 6.82. The largest absolute Gasteiger partial charge is 0.0834 e. The summed E-state index contributed by atoms with van der Waals surface area (Å²) in [6.07, 6.45) is 27.1. The molecule has 0 amide bonds. The summed E-state index contributed by atoms with van der Waals surface area (Å²) in [7, 11) is 2.87. The Morgan fingerprint density at radius 2 is 0.792 bits per heavy atom. The minimum Gasteiger partial charge on any atom is -0.0834 e. The van der Waals surface area contributed by atoms with E-state index in [0.29, 0.717) is 0 Å². The van der Waals surface area contributed by atoms with Gasteiger partial charge in [-0.15, -0.1) is 0 Å². The number of hydrogen-bond acceptors (Lipinski definition) is 0. The standard InChI is InChI=1S/C22H42P2/c1-3-5-7-9-11-13-15-17-19-21-23-24-22-20-18-16-14-12-10-8-6-4-2/h19-22H,3-18H2,1-2H3. The summed E-state index contributed by atoms with van der Waals surface area (Å²) in [5, 5.41) is 0. The van der Waals surface area contributed by atoms with Gasteiger partial charge < -0.3 is 0 Å². The van der Waals surface area contributed by atoms with E-state index in [9.17, 15) is 0 Å². The van der Waals surface area contributed by atoms with Crippen LogP contribution in [0.5, 0.6) is 0 Å². The molecular formula is C22H42P2. The molecule has 0 fully saturated rings.